The van der Waals surface area contributed by atoms with E-state index in [0.29, 0.717) is 42.7 Å². The molecule has 1 aliphatic rings. The Labute approximate surface area is 214 Å². The minimum atomic E-state index is -0.712. The molecule has 2 aromatic rings. The van der Waals surface area contributed by atoms with Gasteiger partial charge in [-0.3, -0.25) is 9.59 Å². The molecule has 2 aromatic carbocycles. The molecular formula is C29H38N2O5. The number of carbonyl (C=O) groups excluding carboxylic acids is 2. The van der Waals surface area contributed by atoms with E-state index in [1.807, 2.05) is 24.3 Å². The Morgan fingerprint density at radius 2 is 1.75 bits per heavy atom. The van der Waals surface area contributed by atoms with Crippen molar-refractivity contribution in [3.05, 3.63) is 65.2 Å². The number of rotatable bonds is 12. The number of hydrogen-bond acceptors (Lipinski definition) is 6. The highest BCUT2D eigenvalue weighted by Gasteiger charge is 2.46. The fourth-order valence-electron chi connectivity index (χ4n) is 4.34. The van der Waals surface area contributed by atoms with E-state index >= 15 is 0 Å². The predicted octanol–water partition coefficient (Wildman–Crippen LogP) is 4.88. The molecule has 0 aliphatic carbocycles. The molecule has 0 saturated carbocycles. The zero-order valence-corrected chi connectivity index (χ0v) is 22.0. The van der Waals surface area contributed by atoms with Gasteiger partial charge in [0.15, 0.2) is 0 Å². The molecule has 0 bridgehead atoms. The van der Waals surface area contributed by atoms with Crippen LogP contribution in [-0.4, -0.2) is 66.5 Å². The first-order valence-corrected chi connectivity index (χ1v) is 12.7. The standard InChI is InChI=1S/C29H38N2O5/c1-6-30(7-2)16-17-31-26(22-9-8-10-24(19-22)36-18-15-20(3)4)25(28(33)29(31)34)27(32)21-11-13-23(35-5)14-12-21/h8-14,19-20,26,32H,6-7,15-18H2,1-5H3. The molecule has 0 aromatic heterocycles. The lowest BCUT2D eigenvalue weighted by Gasteiger charge is -2.28. The van der Waals surface area contributed by atoms with Crippen molar-refractivity contribution in [1.82, 2.24) is 9.80 Å². The molecule has 36 heavy (non-hydrogen) atoms. The minimum absolute atomic E-state index is 0.0871. The number of ether oxygens (including phenoxy) is 2. The van der Waals surface area contributed by atoms with E-state index in [4.69, 9.17) is 9.47 Å². The highest BCUT2D eigenvalue weighted by molar-refractivity contribution is 6.46. The van der Waals surface area contributed by atoms with Crippen LogP contribution in [0.15, 0.2) is 54.1 Å². The van der Waals surface area contributed by atoms with E-state index in [9.17, 15) is 14.7 Å². The molecule has 1 unspecified atom stereocenters. The molecule has 0 radical (unpaired) electrons. The van der Waals surface area contributed by atoms with Crippen molar-refractivity contribution in [2.45, 2.75) is 40.2 Å². The average molecular weight is 495 g/mol. The Balaban J connectivity index is 2.04. The Hall–Kier alpha value is -3.32. The topological polar surface area (TPSA) is 79.3 Å². The lowest BCUT2D eigenvalue weighted by atomic mass is 9.95. The average Bonchev–Trinajstić information content (AvgIpc) is 3.14. The number of aliphatic hydroxyl groups excluding tert-OH is 1. The van der Waals surface area contributed by atoms with Crippen molar-refractivity contribution in [2.24, 2.45) is 5.92 Å². The van der Waals surface area contributed by atoms with E-state index < -0.39 is 17.7 Å². The maximum absolute atomic E-state index is 13.3. The highest BCUT2D eigenvalue weighted by Crippen LogP contribution is 2.40. The lowest BCUT2D eigenvalue weighted by Crippen LogP contribution is -2.38. The van der Waals surface area contributed by atoms with Crippen LogP contribution in [0.25, 0.3) is 5.76 Å². The first-order chi connectivity index (χ1) is 17.3. The number of Topliss-reactive ketones (excluding diaryl/α,β-unsaturated/α-hetero) is 1. The zero-order valence-electron chi connectivity index (χ0n) is 22.0. The van der Waals surface area contributed by atoms with E-state index in [-0.39, 0.29) is 11.3 Å². The Morgan fingerprint density at radius 1 is 1.06 bits per heavy atom. The van der Waals surface area contributed by atoms with Crippen LogP contribution >= 0.6 is 0 Å². The second kappa shape index (κ2) is 12.6. The summed E-state index contributed by atoms with van der Waals surface area (Å²) in [7, 11) is 1.56. The fourth-order valence-corrected chi connectivity index (χ4v) is 4.34. The second-order valence-electron chi connectivity index (χ2n) is 9.35. The molecular weight excluding hydrogens is 456 g/mol. The number of nitrogens with zero attached hydrogens (tertiary/aromatic N) is 2. The van der Waals surface area contributed by atoms with Crippen LogP contribution in [0.1, 0.15) is 51.3 Å². The SMILES string of the molecule is CCN(CC)CCN1C(=O)C(=O)C(=C(O)c2ccc(OC)cc2)C1c1cccc(OCCC(C)C)c1. The van der Waals surface area contributed by atoms with E-state index in [2.05, 4.69) is 32.6 Å². The van der Waals surface area contributed by atoms with Gasteiger partial charge in [0, 0.05) is 18.7 Å². The van der Waals surface area contributed by atoms with Gasteiger partial charge in [0.2, 0.25) is 0 Å². The number of likely N-dealkylation sites (N-methyl/N-ethyl adjacent to an activating group) is 1. The van der Waals surface area contributed by atoms with Crippen LogP contribution in [0, 0.1) is 5.92 Å². The van der Waals surface area contributed by atoms with Gasteiger partial charge >= 0.3 is 0 Å². The summed E-state index contributed by atoms with van der Waals surface area (Å²) >= 11 is 0. The molecule has 1 aliphatic heterocycles. The Bertz CT molecular complexity index is 1070. The highest BCUT2D eigenvalue weighted by atomic mass is 16.5. The molecule has 0 spiro atoms. The van der Waals surface area contributed by atoms with Crippen LogP contribution in [0.3, 0.4) is 0 Å². The number of carbonyl (C=O) groups is 2. The first-order valence-electron chi connectivity index (χ1n) is 12.7. The van der Waals surface area contributed by atoms with Gasteiger partial charge in [-0.15, -0.1) is 0 Å². The number of likely N-dealkylation sites (tertiary alicyclic amines) is 1. The monoisotopic (exact) mass is 494 g/mol. The lowest BCUT2D eigenvalue weighted by molar-refractivity contribution is -0.140. The van der Waals surface area contributed by atoms with Crippen molar-refractivity contribution in [3.8, 4) is 11.5 Å². The van der Waals surface area contributed by atoms with Gasteiger partial charge in [-0.05, 0) is 67.4 Å². The maximum Gasteiger partial charge on any atom is 0.295 e. The summed E-state index contributed by atoms with van der Waals surface area (Å²) in [6, 6.07) is 13.5. The van der Waals surface area contributed by atoms with Crippen molar-refractivity contribution in [1.29, 1.82) is 0 Å². The van der Waals surface area contributed by atoms with Crippen LogP contribution in [0.2, 0.25) is 0 Å². The largest absolute Gasteiger partial charge is 0.507 e. The summed E-state index contributed by atoms with van der Waals surface area (Å²) in [5.41, 5.74) is 1.27. The van der Waals surface area contributed by atoms with Crippen LogP contribution in [0.5, 0.6) is 11.5 Å². The molecule has 1 heterocycles. The van der Waals surface area contributed by atoms with Gasteiger partial charge in [-0.1, -0.05) is 39.8 Å². The summed E-state index contributed by atoms with van der Waals surface area (Å²) in [5.74, 6) is 0.343. The molecule has 3 rings (SSSR count). The van der Waals surface area contributed by atoms with E-state index in [1.165, 1.54) is 0 Å². The number of amides is 1. The summed E-state index contributed by atoms with van der Waals surface area (Å²) < 4.78 is 11.2. The minimum Gasteiger partial charge on any atom is -0.507 e. The maximum atomic E-state index is 13.3. The zero-order chi connectivity index (χ0) is 26.2. The van der Waals surface area contributed by atoms with Gasteiger partial charge in [-0.2, -0.15) is 0 Å². The van der Waals surface area contributed by atoms with Crippen molar-refractivity contribution in [2.75, 3.05) is 39.9 Å². The summed E-state index contributed by atoms with van der Waals surface area (Å²) in [6.07, 6.45) is 0.921. The van der Waals surface area contributed by atoms with Gasteiger partial charge in [-0.25, -0.2) is 0 Å². The molecule has 1 N–H and O–H groups in total. The number of ketones is 1. The molecule has 7 nitrogen and oxygen atoms in total. The molecule has 1 fully saturated rings. The first kappa shape index (κ1) is 27.3. The Morgan fingerprint density at radius 3 is 2.36 bits per heavy atom. The molecule has 1 amide bonds. The number of aliphatic hydroxyl groups is 1. The molecule has 1 saturated heterocycles. The summed E-state index contributed by atoms with van der Waals surface area (Å²) in [6.45, 7) is 11.7. The number of methoxy groups -OCH3 is 1. The second-order valence-corrected chi connectivity index (χ2v) is 9.35. The van der Waals surface area contributed by atoms with Gasteiger partial charge in [0.05, 0.1) is 25.3 Å². The fraction of sp³-hybridized carbons (Fsp3) is 0.448. The summed E-state index contributed by atoms with van der Waals surface area (Å²) in [4.78, 5) is 30.3. The van der Waals surface area contributed by atoms with Gasteiger partial charge < -0.3 is 24.4 Å². The number of hydrogen-bond donors (Lipinski definition) is 1. The smallest absolute Gasteiger partial charge is 0.295 e. The third-order valence-corrected chi connectivity index (χ3v) is 6.59. The normalized spacial score (nSPS) is 17.3. The number of benzene rings is 2. The van der Waals surface area contributed by atoms with Gasteiger partial charge in [0.1, 0.15) is 17.3 Å². The van der Waals surface area contributed by atoms with Gasteiger partial charge in [0.25, 0.3) is 11.7 Å². The van der Waals surface area contributed by atoms with Crippen LogP contribution in [0.4, 0.5) is 0 Å². The van der Waals surface area contributed by atoms with Crippen LogP contribution < -0.4 is 9.47 Å². The molecule has 1 atom stereocenters. The third-order valence-electron chi connectivity index (χ3n) is 6.59. The third kappa shape index (κ3) is 6.26. The molecule has 194 valence electrons. The predicted molar refractivity (Wildman–Crippen MR) is 141 cm³/mol. The van der Waals surface area contributed by atoms with Crippen molar-refractivity contribution < 1.29 is 24.2 Å². The van der Waals surface area contributed by atoms with Crippen LogP contribution in [-0.2, 0) is 9.59 Å². The Kier molecular flexibility index (Phi) is 9.53. The van der Waals surface area contributed by atoms with E-state index in [1.54, 1.807) is 36.3 Å². The van der Waals surface area contributed by atoms with E-state index in [0.717, 1.165) is 25.1 Å². The quantitative estimate of drug-likeness (QED) is 0.257. The summed E-state index contributed by atoms with van der Waals surface area (Å²) in [5, 5.41) is 11.3. The molecule has 7 heteroatoms. The van der Waals surface area contributed by atoms with Crippen molar-refractivity contribution in [3.63, 3.8) is 0 Å². The van der Waals surface area contributed by atoms with Crippen molar-refractivity contribution >= 4 is 17.4 Å².